The molecule has 4 heterocycles. The molecule has 0 spiro atoms. The first-order chi connectivity index (χ1) is 27.2. The summed E-state index contributed by atoms with van der Waals surface area (Å²) in [6.07, 6.45) is 7.45. The lowest BCUT2D eigenvalue weighted by Gasteiger charge is -2.30. The predicted molar refractivity (Wildman–Crippen MR) is 219 cm³/mol. The Balaban J connectivity index is 1.01. The fraction of sp³-hybridized carbons (Fsp3) is 0.488. The fourth-order valence-electron chi connectivity index (χ4n) is 8.42. The molecule has 3 aliphatic rings. The van der Waals surface area contributed by atoms with Gasteiger partial charge in [-0.25, -0.2) is 14.8 Å². The molecule has 4 aromatic rings. The lowest BCUT2D eigenvalue weighted by Crippen LogP contribution is -2.40. The number of aldehydes is 1. The summed E-state index contributed by atoms with van der Waals surface area (Å²) < 4.78 is 9.24. The smallest absolute Gasteiger partial charge is 0.410 e. The lowest BCUT2D eigenvalue weighted by atomic mass is 9.81. The van der Waals surface area contributed by atoms with Crippen molar-refractivity contribution in [2.24, 2.45) is 25.9 Å². The molecule has 2 N–H and O–H groups in total. The number of carbonyl (C=O) groups excluding carboxylic acids is 4. The molecule has 7 rings (SSSR count). The van der Waals surface area contributed by atoms with E-state index in [4.69, 9.17) is 21.3 Å². The van der Waals surface area contributed by atoms with E-state index in [0.717, 1.165) is 86.1 Å². The zero-order chi connectivity index (χ0) is 40.6. The first-order valence-electron chi connectivity index (χ1n) is 20.0. The summed E-state index contributed by atoms with van der Waals surface area (Å²) in [4.78, 5) is 64.8. The topological polar surface area (TPSA) is 144 Å². The molecule has 0 unspecified atom stereocenters. The average molecular weight is 797 g/mol. The maximum Gasteiger partial charge on any atom is 0.410 e. The van der Waals surface area contributed by atoms with E-state index < -0.39 is 11.7 Å². The molecule has 0 bridgehead atoms. The van der Waals surface area contributed by atoms with Crippen molar-refractivity contribution >= 4 is 47.2 Å². The summed E-state index contributed by atoms with van der Waals surface area (Å²) in [5, 5.41) is 6.41. The van der Waals surface area contributed by atoms with Crippen molar-refractivity contribution in [2.75, 3.05) is 30.3 Å². The first-order valence-corrected chi connectivity index (χ1v) is 20.3. The van der Waals surface area contributed by atoms with Gasteiger partial charge in [0.1, 0.15) is 11.9 Å². The van der Waals surface area contributed by atoms with E-state index in [-0.39, 0.29) is 30.1 Å². The van der Waals surface area contributed by atoms with Gasteiger partial charge in [0.25, 0.3) is 11.8 Å². The van der Waals surface area contributed by atoms with Crippen LogP contribution in [-0.4, -0.2) is 78.3 Å². The molecule has 0 radical (unpaired) electrons. The van der Waals surface area contributed by atoms with Gasteiger partial charge in [-0.1, -0.05) is 35.9 Å². The summed E-state index contributed by atoms with van der Waals surface area (Å²) in [7, 11) is 3.70. The monoisotopic (exact) mass is 796 g/mol. The molecular formula is C43H53ClN8O5. The zero-order valence-corrected chi connectivity index (χ0v) is 34.5. The molecule has 2 aromatic carbocycles. The number of benzene rings is 2. The third-order valence-electron chi connectivity index (χ3n) is 11.7. The van der Waals surface area contributed by atoms with Crippen molar-refractivity contribution < 1.29 is 23.9 Å². The molecule has 2 aromatic heterocycles. The van der Waals surface area contributed by atoms with Crippen LogP contribution in [0.4, 0.5) is 16.2 Å². The molecule has 1 saturated carbocycles. The number of fused-ring (bicyclic) bond motifs is 2. The number of imidazole rings is 2. The van der Waals surface area contributed by atoms with Gasteiger partial charge in [-0.15, -0.1) is 0 Å². The number of nitrogens with one attached hydrogen (secondary N) is 2. The molecular weight excluding hydrogens is 744 g/mol. The Bertz CT molecular complexity index is 2200. The highest BCUT2D eigenvalue weighted by molar-refractivity contribution is 6.36. The third-order valence-corrected chi connectivity index (χ3v) is 12.1. The van der Waals surface area contributed by atoms with Gasteiger partial charge in [0.15, 0.2) is 11.6 Å². The van der Waals surface area contributed by atoms with E-state index in [1.807, 2.05) is 76.7 Å². The van der Waals surface area contributed by atoms with Crippen LogP contribution in [0, 0.1) is 18.8 Å². The van der Waals surface area contributed by atoms with Crippen LogP contribution < -0.4 is 10.6 Å². The molecule has 1 aliphatic carbocycles. The Labute approximate surface area is 339 Å². The SMILES string of the molecule is Cc1c(NC(=O)c2nc3c(n2C)CCN(C(=O)OC(C)(C)C)C3)cccc1-c1cccc(NC(=O)c2nc3c(n2C)CCN(CCC2CCC(C=O)CC2)C3)c1Cl. The maximum absolute atomic E-state index is 13.7. The van der Waals surface area contributed by atoms with Crippen LogP contribution >= 0.6 is 11.6 Å². The van der Waals surface area contributed by atoms with Gasteiger partial charge in [0, 0.05) is 75.1 Å². The molecule has 3 amide bonds. The second kappa shape index (κ2) is 16.5. The number of halogens is 1. The number of amides is 3. The molecule has 302 valence electrons. The van der Waals surface area contributed by atoms with Gasteiger partial charge < -0.3 is 34.2 Å². The molecule has 14 heteroatoms. The normalized spacial score (nSPS) is 18.4. The van der Waals surface area contributed by atoms with Crippen LogP contribution in [0.5, 0.6) is 0 Å². The Hall–Kier alpha value is -5.01. The minimum absolute atomic E-state index is 0.234. The molecule has 57 heavy (non-hydrogen) atoms. The van der Waals surface area contributed by atoms with Crippen molar-refractivity contribution in [3.8, 4) is 11.1 Å². The largest absolute Gasteiger partial charge is 0.444 e. The van der Waals surface area contributed by atoms with Crippen molar-refractivity contribution in [1.29, 1.82) is 0 Å². The van der Waals surface area contributed by atoms with Crippen LogP contribution in [0.1, 0.15) is 102 Å². The van der Waals surface area contributed by atoms with E-state index in [2.05, 4.69) is 20.5 Å². The number of carbonyl (C=O) groups is 4. The van der Waals surface area contributed by atoms with E-state index in [0.29, 0.717) is 58.9 Å². The summed E-state index contributed by atoms with van der Waals surface area (Å²) in [6, 6.07) is 11.1. The Kier molecular flexibility index (Phi) is 11.6. The van der Waals surface area contributed by atoms with E-state index in [1.165, 1.54) is 0 Å². The summed E-state index contributed by atoms with van der Waals surface area (Å²) in [5.74, 6) is 0.770. The van der Waals surface area contributed by atoms with E-state index in [1.54, 1.807) is 15.5 Å². The minimum atomic E-state index is -0.610. The predicted octanol–water partition coefficient (Wildman–Crippen LogP) is 7.33. The maximum atomic E-state index is 13.7. The second-order valence-corrected chi connectivity index (χ2v) is 17.1. The highest BCUT2D eigenvalue weighted by Crippen LogP contribution is 2.38. The van der Waals surface area contributed by atoms with Crippen molar-refractivity contribution in [1.82, 2.24) is 28.9 Å². The highest BCUT2D eigenvalue weighted by Gasteiger charge is 2.31. The molecule has 0 saturated heterocycles. The number of nitrogens with zero attached hydrogens (tertiary/aromatic N) is 6. The van der Waals surface area contributed by atoms with Crippen LogP contribution in [0.2, 0.25) is 5.02 Å². The average Bonchev–Trinajstić information content (AvgIpc) is 3.70. The Morgan fingerprint density at radius 3 is 2.05 bits per heavy atom. The standard InChI is InChI=1S/C43H53ClN8O5/c1-26-29(9-7-11-31(26)47-40(54)38-46-34-24-52(22-19-36(34)50(38)6)42(56)57-43(2,3)4)30-10-8-12-32(37(30)44)48-41(55)39-45-33-23-51(21-18-35(33)49(39)5)20-17-27-13-15-28(25-53)16-14-27/h7-12,25,27-28H,13-24H2,1-6H3,(H,47,54)(H,48,55). The molecule has 2 aliphatic heterocycles. The number of aromatic nitrogens is 4. The van der Waals surface area contributed by atoms with Gasteiger partial charge in [-0.05, 0) is 95.5 Å². The van der Waals surface area contributed by atoms with Gasteiger partial charge in [0.05, 0.1) is 28.6 Å². The van der Waals surface area contributed by atoms with Crippen LogP contribution in [-0.2, 0) is 49.6 Å². The lowest BCUT2D eigenvalue weighted by molar-refractivity contribution is -0.112. The number of anilines is 2. The fourth-order valence-corrected chi connectivity index (χ4v) is 8.70. The minimum Gasteiger partial charge on any atom is -0.444 e. The van der Waals surface area contributed by atoms with Crippen LogP contribution in [0.3, 0.4) is 0 Å². The van der Waals surface area contributed by atoms with Crippen LogP contribution in [0.15, 0.2) is 36.4 Å². The van der Waals surface area contributed by atoms with Crippen molar-refractivity contribution in [2.45, 2.75) is 91.3 Å². The van der Waals surface area contributed by atoms with Gasteiger partial charge in [-0.2, -0.15) is 0 Å². The number of hydrogen-bond acceptors (Lipinski definition) is 8. The Morgan fingerprint density at radius 2 is 1.42 bits per heavy atom. The van der Waals surface area contributed by atoms with Crippen molar-refractivity contribution in [3.05, 3.63) is 81.4 Å². The summed E-state index contributed by atoms with van der Waals surface area (Å²) in [5.41, 5.74) is 6.32. The van der Waals surface area contributed by atoms with Crippen molar-refractivity contribution in [3.63, 3.8) is 0 Å². The number of hydrogen-bond donors (Lipinski definition) is 2. The van der Waals surface area contributed by atoms with Gasteiger partial charge in [-0.3, -0.25) is 14.5 Å². The second-order valence-electron chi connectivity index (χ2n) is 16.7. The van der Waals surface area contributed by atoms with Gasteiger partial charge in [0.2, 0.25) is 0 Å². The molecule has 1 fully saturated rings. The van der Waals surface area contributed by atoms with Crippen LogP contribution in [0.25, 0.3) is 11.1 Å². The summed E-state index contributed by atoms with van der Waals surface area (Å²) >= 11 is 7.02. The molecule has 0 atom stereocenters. The Morgan fingerprint density at radius 1 is 0.842 bits per heavy atom. The first kappa shape index (κ1) is 40.2. The summed E-state index contributed by atoms with van der Waals surface area (Å²) in [6.45, 7) is 10.8. The molecule has 13 nitrogen and oxygen atoms in total. The van der Waals surface area contributed by atoms with Gasteiger partial charge >= 0.3 is 6.09 Å². The number of ether oxygens (including phenoxy) is 1. The number of rotatable bonds is 9. The van der Waals surface area contributed by atoms with E-state index >= 15 is 0 Å². The third kappa shape index (κ3) is 8.64. The zero-order valence-electron chi connectivity index (χ0n) is 33.8. The van der Waals surface area contributed by atoms with E-state index in [9.17, 15) is 19.2 Å². The highest BCUT2D eigenvalue weighted by atomic mass is 35.5. The quantitative estimate of drug-likeness (QED) is 0.168.